The van der Waals surface area contributed by atoms with Gasteiger partial charge in [-0.15, -0.1) is 0 Å². The minimum atomic E-state index is -0.408. The van der Waals surface area contributed by atoms with Crippen LogP contribution in [-0.2, 0) is 9.53 Å². The standard InChI is InChI=1S/C19H20ClNO4/c1-2-3-12-24-18(22)13-25-15-10-8-14(9-11-15)19(23)21-17-7-5-4-6-16(17)20/h4-11H,2-3,12-13H2,1H3,(H,21,23). The lowest BCUT2D eigenvalue weighted by Crippen LogP contribution is -2.15. The molecule has 0 aromatic heterocycles. The van der Waals surface area contributed by atoms with Crippen LogP contribution in [0.5, 0.6) is 5.75 Å². The van der Waals surface area contributed by atoms with Crippen LogP contribution in [-0.4, -0.2) is 25.1 Å². The molecular weight excluding hydrogens is 342 g/mol. The SMILES string of the molecule is CCCCOC(=O)COc1ccc(C(=O)Nc2ccccc2Cl)cc1. The summed E-state index contributed by atoms with van der Waals surface area (Å²) >= 11 is 6.02. The maximum absolute atomic E-state index is 12.2. The first-order valence-electron chi connectivity index (χ1n) is 8.04. The molecule has 0 saturated carbocycles. The zero-order chi connectivity index (χ0) is 18.1. The van der Waals surface area contributed by atoms with E-state index in [4.69, 9.17) is 21.1 Å². The summed E-state index contributed by atoms with van der Waals surface area (Å²) < 4.78 is 10.3. The molecule has 5 nitrogen and oxygen atoms in total. The highest BCUT2D eigenvalue weighted by Gasteiger charge is 2.09. The number of para-hydroxylation sites is 1. The zero-order valence-corrected chi connectivity index (χ0v) is 14.7. The van der Waals surface area contributed by atoms with Crippen molar-refractivity contribution >= 4 is 29.2 Å². The number of hydrogen-bond acceptors (Lipinski definition) is 4. The van der Waals surface area contributed by atoms with E-state index in [0.29, 0.717) is 28.6 Å². The molecule has 0 aliphatic heterocycles. The molecule has 0 heterocycles. The average molecular weight is 362 g/mol. The molecule has 0 atom stereocenters. The second kappa shape index (κ2) is 9.69. The second-order valence-corrected chi connectivity index (χ2v) is 5.73. The molecule has 0 fully saturated rings. The molecule has 2 aromatic rings. The molecule has 2 aromatic carbocycles. The van der Waals surface area contributed by atoms with E-state index in [-0.39, 0.29) is 12.5 Å². The van der Waals surface area contributed by atoms with Gasteiger partial charge in [0.15, 0.2) is 6.61 Å². The van der Waals surface area contributed by atoms with Crippen LogP contribution in [0.15, 0.2) is 48.5 Å². The van der Waals surface area contributed by atoms with Crippen LogP contribution in [0.3, 0.4) is 0 Å². The van der Waals surface area contributed by atoms with Crippen molar-refractivity contribution in [3.8, 4) is 5.75 Å². The number of anilines is 1. The van der Waals surface area contributed by atoms with Gasteiger partial charge in [-0.3, -0.25) is 4.79 Å². The molecule has 1 amide bonds. The third-order valence-corrected chi connectivity index (χ3v) is 3.69. The van der Waals surface area contributed by atoms with Gasteiger partial charge < -0.3 is 14.8 Å². The molecule has 0 radical (unpaired) electrons. The Kier molecular flexibility index (Phi) is 7.29. The van der Waals surface area contributed by atoms with E-state index >= 15 is 0 Å². The number of amides is 1. The maximum Gasteiger partial charge on any atom is 0.344 e. The Hall–Kier alpha value is -2.53. The Morgan fingerprint density at radius 3 is 2.48 bits per heavy atom. The van der Waals surface area contributed by atoms with Gasteiger partial charge >= 0.3 is 5.97 Å². The molecule has 0 spiro atoms. The summed E-state index contributed by atoms with van der Waals surface area (Å²) in [5, 5.41) is 3.21. The van der Waals surface area contributed by atoms with Gasteiger partial charge in [-0.25, -0.2) is 4.79 Å². The van der Waals surface area contributed by atoms with Gasteiger partial charge in [0, 0.05) is 5.56 Å². The van der Waals surface area contributed by atoms with Crippen molar-refractivity contribution in [1.29, 1.82) is 0 Å². The molecule has 6 heteroatoms. The Balaban J connectivity index is 1.86. The molecule has 1 N–H and O–H groups in total. The third kappa shape index (κ3) is 6.12. The third-order valence-electron chi connectivity index (χ3n) is 3.36. The molecule has 0 saturated heterocycles. The second-order valence-electron chi connectivity index (χ2n) is 5.32. The van der Waals surface area contributed by atoms with E-state index in [2.05, 4.69) is 5.32 Å². The normalized spacial score (nSPS) is 10.2. The Bertz CT molecular complexity index is 716. The predicted molar refractivity (Wildman–Crippen MR) is 97.2 cm³/mol. The van der Waals surface area contributed by atoms with E-state index < -0.39 is 5.97 Å². The van der Waals surface area contributed by atoms with Crippen molar-refractivity contribution in [3.05, 3.63) is 59.1 Å². The lowest BCUT2D eigenvalue weighted by molar-refractivity contribution is -0.146. The first-order chi connectivity index (χ1) is 12.1. The molecule has 132 valence electrons. The first kappa shape index (κ1) is 18.8. The largest absolute Gasteiger partial charge is 0.482 e. The van der Waals surface area contributed by atoms with Crippen LogP contribution in [0.2, 0.25) is 5.02 Å². The molecule has 0 bridgehead atoms. The minimum Gasteiger partial charge on any atom is -0.482 e. The van der Waals surface area contributed by atoms with E-state index in [9.17, 15) is 9.59 Å². The number of nitrogens with one attached hydrogen (secondary N) is 1. The van der Waals surface area contributed by atoms with Gasteiger partial charge in [-0.1, -0.05) is 37.1 Å². The molecule has 0 unspecified atom stereocenters. The summed E-state index contributed by atoms with van der Waals surface area (Å²) in [5.41, 5.74) is 1.00. The molecule has 2 rings (SSSR count). The number of esters is 1. The van der Waals surface area contributed by atoms with Crippen LogP contribution >= 0.6 is 11.6 Å². The summed E-state index contributed by atoms with van der Waals surface area (Å²) in [4.78, 5) is 23.7. The van der Waals surface area contributed by atoms with Gasteiger partial charge in [0.1, 0.15) is 5.75 Å². The fraction of sp³-hybridized carbons (Fsp3) is 0.263. The Labute approximate surface area is 151 Å². The number of halogens is 1. The zero-order valence-electron chi connectivity index (χ0n) is 14.0. The quantitative estimate of drug-likeness (QED) is 0.562. The molecule has 0 aliphatic carbocycles. The highest BCUT2D eigenvalue weighted by molar-refractivity contribution is 6.33. The summed E-state index contributed by atoms with van der Waals surface area (Å²) in [6.45, 7) is 2.27. The summed E-state index contributed by atoms with van der Waals surface area (Å²) in [5.74, 6) is -0.200. The van der Waals surface area contributed by atoms with Crippen molar-refractivity contribution in [1.82, 2.24) is 0 Å². The highest BCUT2D eigenvalue weighted by atomic mass is 35.5. The summed E-state index contributed by atoms with van der Waals surface area (Å²) in [6, 6.07) is 13.5. The average Bonchev–Trinajstić information content (AvgIpc) is 2.62. The lowest BCUT2D eigenvalue weighted by Gasteiger charge is -2.09. The van der Waals surface area contributed by atoms with Gasteiger partial charge in [0.25, 0.3) is 5.91 Å². The highest BCUT2D eigenvalue weighted by Crippen LogP contribution is 2.21. The Morgan fingerprint density at radius 1 is 1.08 bits per heavy atom. The topological polar surface area (TPSA) is 64.6 Å². The number of rotatable bonds is 8. The number of benzene rings is 2. The van der Waals surface area contributed by atoms with E-state index in [0.717, 1.165) is 12.8 Å². The van der Waals surface area contributed by atoms with Crippen LogP contribution < -0.4 is 10.1 Å². The van der Waals surface area contributed by atoms with Crippen LogP contribution in [0, 0.1) is 0 Å². The minimum absolute atomic E-state index is 0.158. The number of carbonyl (C=O) groups excluding carboxylic acids is 2. The number of carbonyl (C=O) groups is 2. The number of hydrogen-bond donors (Lipinski definition) is 1. The monoisotopic (exact) mass is 361 g/mol. The van der Waals surface area contributed by atoms with Crippen LogP contribution in [0.4, 0.5) is 5.69 Å². The van der Waals surface area contributed by atoms with Gasteiger partial charge in [-0.05, 0) is 42.8 Å². The van der Waals surface area contributed by atoms with E-state index in [1.165, 1.54) is 0 Å². The maximum atomic E-state index is 12.2. The number of unbranched alkanes of at least 4 members (excludes halogenated alkanes) is 1. The Morgan fingerprint density at radius 2 is 1.80 bits per heavy atom. The predicted octanol–water partition coefficient (Wildman–Crippen LogP) is 4.31. The molecular formula is C19H20ClNO4. The van der Waals surface area contributed by atoms with E-state index in [1.807, 2.05) is 6.92 Å². The number of ether oxygens (including phenoxy) is 2. The molecule has 0 aliphatic rings. The van der Waals surface area contributed by atoms with Gasteiger partial charge in [-0.2, -0.15) is 0 Å². The fourth-order valence-corrected chi connectivity index (χ4v) is 2.16. The summed E-state index contributed by atoms with van der Waals surface area (Å²) in [6.07, 6.45) is 1.80. The lowest BCUT2D eigenvalue weighted by atomic mass is 10.2. The van der Waals surface area contributed by atoms with Crippen molar-refractivity contribution < 1.29 is 19.1 Å². The first-order valence-corrected chi connectivity index (χ1v) is 8.42. The van der Waals surface area contributed by atoms with Gasteiger partial charge in [0.05, 0.1) is 17.3 Å². The van der Waals surface area contributed by atoms with E-state index in [1.54, 1.807) is 48.5 Å². The van der Waals surface area contributed by atoms with Crippen molar-refractivity contribution in [3.63, 3.8) is 0 Å². The van der Waals surface area contributed by atoms with Crippen molar-refractivity contribution in [2.24, 2.45) is 0 Å². The summed E-state index contributed by atoms with van der Waals surface area (Å²) in [7, 11) is 0. The van der Waals surface area contributed by atoms with Crippen molar-refractivity contribution in [2.45, 2.75) is 19.8 Å². The smallest absolute Gasteiger partial charge is 0.344 e. The fourth-order valence-electron chi connectivity index (χ4n) is 1.97. The molecule has 25 heavy (non-hydrogen) atoms. The van der Waals surface area contributed by atoms with Gasteiger partial charge in [0.2, 0.25) is 0 Å². The van der Waals surface area contributed by atoms with Crippen LogP contribution in [0.1, 0.15) is 30.1 Å². The van der Waals surface area contributed by atoms with Crippen molar-refractivity contribution in [2.75, 3.05) is 18.5 Å². The van der Waals surface area contributed by atoms with Crippen LogP contribution in [0.25, 0.3) is 0 Å².